The molecule has 4 heterocycles. The van der Waals surface area contributed by atoms with Gasteiger partial charge in [-0.25, -0.2) is 19.1 Å². The zero-order valence-corrected chi connectivity index (χ0v) is 20.4. The van der Waals surface area contributed by atoms with E-state index in [4.69, 9.17) is 14.2 Å². The first-order valence-corrected chi connectivity index (χ1v) is 11.3. The number of carbonyl (C=O) groups excluding carboxylic acids is 2. The molecule has 10 heteroatoms. The predicted molar refractivity (Wildman–Crippen MR) is 126 cm³/mol. The minimum Gasteiger partial charge on any atom is -0.481 e. The van der Waals surface area contributed by atoms with Gasteiger partial charge in [0.2, 0.25) is 5.88 Å². The second-order valence-electron chi connectivity index (χ2n) is 9.48. The molecule has 0 aromatic carbocycles. The molecule has 4 aromatic rings. The molecule has 0 atom stereocenters. The zero-order valence-electron chi connectivity index (χ0n) is 19.6. The Labute approximate surface area is 194 Å². The zero-order chi connectivity index (χ0) is 24.1. The maximum atomic E-state index is 13.2. The number of hydrogen-bond acceptors (Lipinski definition) is 8. The number of thiophene rings is 1. The Morgan fingerprint density at radius 1 is 0.939 bits per heavy atom. The summed E-state index contributed by atoms with van der Waals surface area (Å²) in [5.74, 6) is 0.413. The van der Waals surface area contributed by atoms with Crippen LogP contribution in [0.4, 0.5) is 9.59 Å². The molecule has 33 heavy (non-hydrogen) atoms. The van der Waals surface area contributed by atoms with Crippen molar-refractivity contribution < 1.29 is 23.8 Å². The van der Waals surface area contributed by atoms with Gasteiger partial charge in [0.05, 0.1) is 34.1 Å². The van der Waals surface area contributed by atoms with Crippen molar-refractivity contribution in [1.29, 1.82) is 0 Å². The number of carbonyl (C=O) groups is 2. The van der Waals surface area contributed by atoms with Crippen molar-refractivity contribution >= 4 is 44.8 Å². The summed E-state index contributed by atoms with van der Waals surface area (Å²) in [6, 6.07) is 6.95. The Morgan fingerprint density at radius 3 is 2.24 bits per heavy atom. The molecule has 4 aromatic heterocycles. The number of fused-ring (bicyclic) bond motifs is 2. The van der Waals surface area contributed by atoms with Gasteiger partial charge in [0, 0.05) is 6.07 Å². The molecule has 0 aliphatic heterocycles. The third-order valence-electron chi connectivity index (χ3n) is 4.51. The molecule has 0 amide bonds. The Morgan fingerprint density at radius 2 is 1.61 bits per heavy atom. The maximum Gasteiger partial charge on any atom is 0.435 e. The summed E-state index contributed by atoms with van der Waals surface area (Å²) in [5.41, 5.74) is 1.18. The van der Waals surface area contributed by atoms with Crippen molar-refractivity contribution in [2.24, 2.45) is 0 Å². The van der Waals surface area contributed by atoms with E-state index in [1.54, 1.807) is 65.8 Å². The summed E-state index contributed by atoms with van der Waals surface area (Å²) in [4.78, 5) is 30.5. The van der Waals surface area contributed by atoms with Gasteiger partial charge in [0.1, 0.15) is 16.9 Å². The summed E-state index contributed by atoms with van der Waals surface area (Å²) in [6.07, 6.45) is -1.17. The van der Waals surface area contributed by atoms with Crippen LogP contribution < -0.4 is 4.74 Å². The summed E-state index contributed by atoms with van der Waals surface area (Å²) in [6.45, 7) is 10.8. The third-order valence-corrected chi connectivity index (χ3v) is 5.42. The topological polar surface area (TPSA) is 97.5 Å². The molecule has 0 saturated heterocycles. The Hall–Kier alpha value is -3.40. The van der Waals surface area contributed by atoms with Crippen LogP contribution in [0.5, 0.6) is 5.88 Å². The SMILES string of the molecule is COc1ccc2c(cc(-c3nn(C(=O)OC(C)(C)C)c4ccsc34)n2C(=O)OC(C)(C)C)n1. The van der Waals surface area contributed by atoms with E-state index < -0.39 is 23.4 Å². The van der Waals surface area contributed by atoms with Gasteiger partial charge in [-0.3, -0.25) is 0 Å². The molecule has 174 valence electrons. The Bertz CT molecular complexity index is 1370. The smallest absolute Gasteiger partial charge is 0.435 e. The van der Waals surface area contributed by atoms with Gasteiger partial charge in [-0.15, -0.1) is 11.3 Å². The van der Waals surface area contributed by atoms with E-state index in [2.05, 4.69) is 10.1 Å². The molecule has 0 saturated carbocycles. The van der Waals surface area contributed by atoms with Crippen LogP contribution in [0.1, 0.15) is 41.5 Å². The normalized spacial score (nSPS) is 12.3. The second kappa shape index (κ2) is 7.87. The molecule has 0 fully saturated rings. The van der Waals surface area contributed by atoms with Crippen molar-refractivity contribution in [3.63, 3.8) is 0 Å². The average molecular weight is 471 g/mol. The molecule has 0 bridgehead atoms. The lowest BCUT2D eigenvalue weighted by molar-refractivity contribution is 0.0520. The largest absolute Gasteiger partial charge is 0.481 e. The van der Waals surface area contributed by atoms with E-state index in [1.165, 1.54) is 27.7 Å². The number of aromatic nitrogens is 4. The van der Waals surface area contributed by atoms with Gasteiger partial charge in [0.25, 0.3) is 0 Å². The second-order valence-corrected chi connectivity index (χ2v) is 10.4. The van der Waals surface area contributed by atoms with Crippen molar-refractivity contribution in [3.05, 3.63) is 29.6 Å². The van der Waals surface area contributed by atoms with Crippen LogP contribution in [0.2, 0.25) is 0 Å². The lowest BCUT2D eigenvalue weighted by Crippen LogP contribution is -2.28. The molecular weight excluding hydrogens is 444 g/mol. The average Bonchev–Trinajstić information content (AvgIpc) is 3.37. The minimum atomic E-state index is -0.709. The lowest BCUT2D eigenvalue weighted by Gasteiger charge is -2.20. The van der Waals surface area contributed by atoms with E-state index in [9.17, 15) is 9.59 Å². The van der Waals surface area contributed by atoms with Crippen LogP contribution in [0.3, 0.4) is 0 Å². The van der Waals surface area contributed by atoms with E-state index in [-0.39, 0.29) is 0 Å². The van der Waals surface area contributed by atoms with Gasteiger partial charge in [-0.2, -0.15) is 9.78 Å². The summed E-state index contributed by atoms with van der Waals surface area (Å²) >= 11 is 1.41. The highest BCUT2D eigenvalue weighted by atomic mass is 32.1. The van der Waals surface area contributed by atoms with E-state index in [1.807, 2.05) is 5.38 Å². The quantitative estimate of drug-likeness (QED) is 0.371. The fourth-order valence-electron chi connectivity index (χ4n) is 3.32. The fraction of sp³-hybridized carbons (Fsp3) is 0.391. The highest BCUT2D eigenvalue weighted by Crippen LogP contribution is 2.36. The van der Waals surface area contributed by atoms with Crippen molar-refractivity contribution in [1.82, 2.24) is 19.3 Å². The molecule has 0 radical (unpaired) electrons. The molecule has 0 aliphatic rings. The van der Waals surface area contributed by atoms with E-state index in [0.29, 0.717) is 33.8 Å². The monoisotopic (exact) mass is 470 g/mol. The van der Waals surface area contributed by atoms with Crippen molar-refractivity contribution in [2.75, 3.05) is 7.11 Å². The third kappa shape index (κ3) is 4.43. The number of rotatable bonds is 2. The number of nitrogens with zero attached hydrogens (tertiary/aromatic N) is 4. The van der Waals surface area contributed by atoms with Gasteiger partial charge < -0.3 is 14.2 Å². The highest BCUT2D eigenvalue weighted by molar-refractivity contribution is 7.17. The molecule has 0 unspecified atom stereocenters. The molecule has 0 spiro atoms. The first-order valence-electron chi connectivity index (χ1n) is 10.4. The van der Waals surface area contributed by atoms with E-state index >= 15 is 0 Å². The van der Waals surface area contributed by atoms with E-state index in [0.717, 1.165) is 4.70 Å². The maximum absolute atomic E-state index is 13.2. The number of pyridine rings is 1. The minimum absolute atomic E-state index is 0.413. The van der Waals surface area contributed by atoms with Crippen LogP contribution in [0.15, 0.2) is 29.6 Å². The Balaban J connectivity index is 1.94. The predicted octanol–water partition coefficient (Wildman–Crippen LogP) is 5.69. The summed E-state index contributed by atoms with van der Waals surface area (Å²) < 4.78 is 19.8. The molecule has 4 rings (SSSR count). The van der Waals surface area contributed by atoms with Crippen molar-refractivity contribution in [3.8, 4) is 17.3 Å². The Kier molecular flexibility index (Phi) is 5.44. The number of hydrogen-bond donors (Lipinski definition) is 0. The van der Waals surface area contributed by atoms with Gasteiger partial charge in [-0.05, 0) is 65.1 Å². The lowest BCUT2D eigenvalue weighted by atomic mass is 10.2. The van der Waals surface area contributed by atoms with Gasteiger partial charge in [0.15, 0.2) is 0 Å². The summed E-state index contributed by atoms with van der Waals surface area (Å²) in [7, 11) is 1.53. The van der Waals surface area contributed by atoms with Crippen LogP contribution in [0, 0.1) is 0 Å². The molecule has 0 aliphatic carbocycles. The highest BCUT2D eigenvalue weighted by Gasteiger charge is 2.28. The molecule has 0 N–H and O–H groups in total. The first-order chi connectivity index (χ1) is 15.4. The molecular formula is C23H26N4O5S. The standard InChI is InChI=1S/C23H26N4O5S/c1-22(2,3)31-20(28)26-14-8-9-17(30-7)24-13(14)12-16(26)18-19-15(10-11-33-19)27(25-18)21(29)32-23(4,5)6/h8-12H,1-7H3. The fourth-order valence-corrected chi connectivity index (χ4v) is 4.18. The number of ether oxygens (including phenoxy) is 3. The first kappa shape index (κ1) is 22.8. The van der Waals surface area contributed by atoms with Crippen LogP contribution in [-0.4, -0.2) is 49.8 Å². The van der Waals surface area contributed by atoms with Crippen molar-refractivity contribution in [2.45, 2.75) is 52.7 Å². The molecule has 9 nitrogen and oxygen atoms in total. The van der Waals surface area contributed by atoms with Crippen LogP contribution >= 0.6 is 11.3 Å². The van der Waals surface area contributed by atoms with Crippen LogP contribution in [-0.2, 0) is 9.47 Å². The van der Waals surface area contributed by atoms with Gasteiger partial charge >= 0.3 is 12.2 Å². The summed E-state index contributed by atoms with van der Waals surface area (Å²) in [5, 5.41) is 6.41. The van der Waals surface area contributed by atoms with Gasteiger partial charge in [-0.1, -0.05) is 0 Å². The number of methoxy groups -OCH3 is 1. The van der Waals surface area contributed by atoms with Crippen LogP contribution in [0.25, 0.3) is 32.6 Å².